The van der Waals surface area contributed by atoms with Crippen LogP contribution < -0.4 is 5.73 Å². The number of nitrogens with two attached hydrogens (primary N) is 1. The average molecular weight is 244 g/mol. The van der Waals surface area contributed by atoms with Crippen LogP contribution in [-0.2, 0) is 16.6 Å². The van der Waals surface area contributed by atoms with Gasteiger partial charge in [-0.05, 0) is 30.2 Å². The van der Waals surface area contributed by atoms with Crippen LogP contribution in [0.5, 0.6) is 0 Å². The first-order valence-electron chi connectivity index (χ1n) is 5.01. The molecule has 6 heteroatoms. The lowest BCUT2D eigenvalue weighted by Crippen LogP contribution is -2.25. The summed E-state index contributed by atoms with van der Waals surface area (Å²) in [5, 5.41) is 0. The summed E-state index contributed by atoms with van der Waals surface area (Å²) in [4.78, 5) is 0. The number of hydrogen-bond acceptors (Lipinski definition) is 3. The van der Waals surface area contributed by atoms with Crippen LogP contribution in [0.2, 0.25) is 0 Å². The average Bonchev–Trinajstić information content (AvgIpc) is 2.52. The van der Waals surface area contributed by atoms with Gasteiger partial charge >= 0.3 is 0 Å². The van der Waals surface area contributed by atoms with E-state index in [0.717, 1.165) is 0 Å². The Bertz CT molecular complexity index is 502. The van der Waals surface area contributed by atoms with Gasteiger partial charge in [-0.15, -0.1) is 0 Å². The summed E-state index contributed by atoms with van der Waals surface area (Å²) in [6.45, 7) is 0.643. The minimum atomic E-state index is -3.16. The van der Waals surface area contributed by atoms with Crippen molar-refractivity contribution in [1.82, 2.24) is 4.31 Å². The van der Waals surface area contributed by atoms with Gasteiger partial charge in [0.15, 0.2) is 0 Å². The van der Waals surface area contributed by atoms with E-state index < -0.39 is 15.8 Å². The molecule has 1 fully saturated rings. The molecule has 0 aromatic heterocycles. The van der Waals surface area contributed by atoms with Crippen molar-refractivity contribution < 1.29 is 12.8 Å². The van der Waals surface area contributed by atoms with Gasteiger partial charge in [0.2, 0.25) is 10.0 Å². The van der Waals surface area contributed by atoms with E-state index in [1.54, 1.807) is 0 Å². The molecule has 4 nitrogen and oxygen atoms in total. The normalized spacial score (nSPS) is 20.1. The van der Waals surface area contributed by atoms with Crippen molar-refractivity contribution >= 4 is 15.7 Å². The predicted octanol–water partition coefficient (Wildman–Crippen LogP) is 0.943. The fourth-order valence-corrected chi connectivity index (χ4v) is 3.27. The zero-order valence-electron chi connectivity index (χ0n) is 8.69. The summed E-state index contributed by atoms with van der Waals surface area (Å²) >= 11 is 0. The Morgan fingerprint density at radius 2 is 2.19 bits per heavy atom. The van der Waals surface area contributed by atoms with Gasteiger partial charge in [0.1, 0.15) is 5.82 Å². The highest BCUT2D eigenvalue weighted by Gasteiger charge is 2.28. The summed E-state index contributed by atoms with van der Waals surface area (Å²) in [6, 6.07) is 3.99. The van der Waals surface area contributed by atoms with E-state index in [1.807, 2.05) is 0 Å². The van der Waals surface area contributed by atoms with Gasteiger partial charge in [0, 0.05) is 18.8 Å². The molecule has 1 aromatic carbocycles. The van der Waals surface area contributed by atoms with E-state index in [1.165, 1.54) is 22.5 Å². The number of benzene rings is 1. The van der Waals surface area contributed by atoms with Crippen LogP contribution in [0.4, 0.5) is 10.1 Å². The second kappa shape index (κ2) is 4.03. The molecular weight excluding hydrogens is 231 g/mol. The maximum Gasteiger partial charge on any atom is 0.214 e. The maximum absolute atomic E-state index is 13.0. The summed E-state index contributed by atoms with van der Waals surface area (Å²) in [6.07, 6.45) is 0.623. The Balaban J connectivity index is 2.24. The number of sulfonamides is 1. The molecule has 0 saturated carbocycles. The van der Waals surface area contributed by atoms with Crippen molar-refractivity contribution in [3.05, 3.63) is 29.6 Å². The standard InChI is InChI=1S/C10H13FN2O2S/c11-9-2-3-10(12)8(6-9)7-13-4-1-5-16(13,14)15/h2-3,6H,1,4-5,7,12H2. The summed E-state index contributed by atoms with van der Waals surface area (Å²) in [7, 11) is -3.16. The Hall–Kier alpha value is -1.14. The lowest BCUT2D eigenvalue weighted by molar-refractivity contribution is 0.439. The van der Waals surface area contributed by atoms with Gasteiger partial charge in [-0.25, -0.2) is 12.8 Å². The van der Waals surface area contributed by atoms with Crippen molar-refractivity contribution in [2.24, 2.45) is 0 Å². The first-order valence-corrected chi connectivity index (χ1v) is 6.62. The van der Waals surface area contributed by atoms with E-state index >= 15 is 0 Å². The van der Waals surface area contributed by atoms with Crippen molar-refractivity contribution in [1.29, 1.82) is 0 Å². The number of nitrogen functional groups attached to an aromatic ring is 1. The molecule has 0 aliphatic carbocycles. The molecule has 0 atom stereocenters. The zero-order valence-corrected chi connectivity index (χ0v) is 9.50. The molecular formula is C10H13FN2O2S. The second-order valence-electron chi connectivity index (χ2n) is 3.85. The van der Waals surface area contributed by atoms with E-state index in [-0.39, 0.29) is 12.3 Å². The SMILES string of the molecule is Nc1ccc(F)cc1CN1CCCS1(=O)=O. The number of halogens is 1. The first-order chi connectivity index (χ1) is 7.49. The van der Waals surface area contributed by atoms with Crippen LogP contribution in [0, 0.1) is 5.82 Å². The minimum absolute atomic E-state index is 0.159. The third-order valence-corrected chi connectivity index (χ3v) is 4.56. The molecule has 0 unspecified atom stereocenters. The maximum atomic E-state index is 13.0. The third kappa shape index (κ3) is 2.17. The van der Waals surface area contributed by atoms with Crippen LogP contribution in [0.15, 0.2) is 18.2 Å². The fraction of sp³-hybridized carbons (Fsp3) is 0.400. The predicted molar refractivity (Wildman–Crippen MR) is 59.6 cm³/mol. The molecule has 1 aliphatic heterocycles. The number of anilines is 1. The summed E-state index contributed by atoms with van der Waals surface area (Å²) < 4.78 is 37.4. The Kier molecular flexibility index (Phi) is 2.86. The Morgan fingerprint density at radius 1 is 1.44 bits per heavy atom. The van der Waals surface area contributed by atoms with Crippen molar-refractivity contribution in [2.75, 3.05) is 18.0 Å². The molecule has 2 N–H and O–H groups in total. The van der Waals surface area contributed by atoms with Crippen molar-refractivity contribution in [2.45, 2.75) is 13.0 Å². The van der Waals surface area contributed by atoms with E-state index in [0.29, 0.717) is 24.2 Å². The molecule has 0 bridgehead atoms. The van der Waals surface area contributed by atoms with Gasteiger partial charge in [0.25, 0.3) is 0 Å². The minimum Gasteiger partial charge on any atom is -0.398 e. The number of rotatable bonds is 2. The Labute approximate surface area is 93.9 Å². The van der Waals surface area contributed by atoms with Gasteiger partial charge < -0.3 is 5.73 Å². The van der Waals surface area contributed by atoms with Crippen molar-refractivity contribution in [3.8, 4) is 0 Å². The van der Waals surface area contributed by atoms with Crippen LogP contribution in [0.1, 0.15) is 12.0 Å². The molecule has 1 saturated heterocycles. The zero-order chi connectivity index (χ0) is 11.8. The lowest BCUT2D eigenvalue weighted by atomic mass is 10.2. The molecule has 2 rings (SSSR count). The molecule has 1 aliphatic rings. The smallest absolute Gasteiger partial charge is 0.214 e. The van der Waals surface area contributed by atoms with Crippen molar-refractivity contribution in [3.63, 3.8) is 0 Å². The lowest BCUT2D eigenvalue weighted by Gasteiger charge is -2.15. The number of nitrogens with zero attached hydrogens (tertiary/aromatic N) is 1. The van der Waals surface area contributed by atoms with Crippen LogP contribution >= 0.6 is 0 Å². The molecule has 0 amide bonds. The highest BCUT2D eigenvalue weighted by Crippen LogP contribution is 2.21. The van der Waals surface area contributed by atoms with E-state index in [4.69, 9.17) is 5.73 Å². The van der Waals surface area contributed by atoms with Crippen LogP contribution in [0.3, 0.4) is 0 Å². The van der Waals surface area contributed by atoms with E-state index in [2.05, 4.69) is 0 Å². The molecule has 0 spiro atoms. The summed E-state index contributed by atoms with van der Waals surface area (Å²) in [5.74, 6) is -0.233. The monoisotopic (exact) mass is 244 g/mol. The largest absolute Gasteiger partial charge is 0.398 e. The topological polar surface area (TPSA) is 63.4 Å². The summed E-state index contributed by atoms with van der Waals surface area (Å²) in [5.41, 5.74) is 6.61. The van der Waals surface area contributed by atoms with Gasteiger partial charge in [-0.1, -0.05) is 0 Å². The fourth-order valence-electron chi connectivity index (χ4n) is 1.77. The third-order valence-electron chi connectivity index (χ3n) is 2.65. The van der Waals surface area contributed by atoms with Gasteiger partial charge in [0.05, 0.1) is 5.75 Å². The second-order valence-corrected chi connectivity index (χ2v) is 5.93. The highest BCUT2D eigenvalue weighted by molar-refractivity contribution is 7.89. The quantitative estimate of drug-likeness (QED) is 0.788. The molecule has 1 aromatic rings. The molecule has 0 radical (unpaired) electrons. The molecule has 1 heterocycles. The Morgan fingerprint density at radius 3 is 2.81 bits per heavy atom. The molecule has 16 heavy (non-hydrogen) atoms. The molecule has 88 valence electrons. The van der Waals surface area contributed by atoms with Gasteiger partial charge in [-0.2, -0.15) is 4.31 Å². The van der Waals surface area contributed by atoms with Crippen LogP contribution in [0.25, 0.3) is 0 Å². The number of hydrogen-bond donors (Lipinski definition) is 1. The van der Waals surface area contributed by atoms with Crippen LogP contribution in [-0.4, -0.2) is 25.0 Å². The highest BCUT2D eigenvalue weighted by atomic mass is 32.2. The van der Waals surface area contributed by atoms with E-state index in [9.17, 15) is 12.8 Å². The first kappa shape index (κ1) is 11.3. The van der Waals surface area contributed by atoms with Gasteiger partial charge in [-0.3, -0.25) is 0 Å².